The van der Waals surface area contributed by atoms with Crippen LogP contribution in [0.15, 0.2) is 0 Å². The number of rotatable bonds is 5. The zero-order chi connectivity index (χ0) is 8.74. The fourth-order valence-electron chi connectivity index (χ4n) is 0.558. The molecular weight excluding hydrogens is 162 g/mol. The molecule has 0 spiro atoms. The molecule has 3 nitrogen and oxygen atoms in total. The highest BCUT2D eigenvalue weighted by atomic mass is 32.2. The first-order valence-corrected chi connectivity index (χ1v) is 5.18. The number of terminal acetylenes is 1. The van der Waals surface area contributed by atoms with E-state index in [0.29, 0.717) is 6.42 Å². The predicted molar refractivity (Wildman–Crippen MR) is 45.5 cm³/mol. The Kier molecular flexibility index (Phi) is 4.92. The fourth-order valence-corrected chi connectivity index (χ4v) is 1.67. The standard InChI is InChI=1S/C7H13NO2S/c1-3-5-7-11(9,10)8-6-4-2/h2,8H,3,5-7H2,1H3. The van der Waals surface area contributed by atoms with Gasteiger partial charge in [0.05, 0.1) is 12.3 Å². The van der Waals surface area contributed by atoms with E-state index in [1.807, 2.05) is 6.92 Å². The van der Waals surface area contributed by atoms with Crippen LogP contribution in [-0.4, -0.2) is 20.7 Å². The van der Waals surface area contributed by atoms with Gasteiger partial charge in [-0.3, -0.25) is 0 Å². The predicted octanol–water partition coefficient (Wildman–Crippen LogP) is 0.339. The molecule has 0 aliphatic carbocycles. The van der Waals surface area contributed by atoms with Gasteiger partial charge >= 0.3 is 0 Å². The molecule has 0 aromatic heterocycles. The summed E-state index contributed by atoms with van der Waals surface area (Å²) in [5.41, 5.74) is 0. The molecule has 0 aliphatic heterocycles. The van der Waals surface area contributed by atoms with Crippen molar-refractivity contribution in [1.82, 2.24) is 4.72 Å². The number of hydrogen-bond donors (Lipinski definition) is 1. The lowest BCUT2D eigenvalue weighted by atomic mass is 10.4. The van der Waals surface area contributed by atoms with Gasteiger partial charge in [0.15, 0.2) is 0 Å². The summed E-state index contributed by atoms with van der Waals surface area (Å²) in [5, 5.41) is 0. The van der Waals surface area contributed by atoms with E-state index in [4.69, 9.17) is 6.42 Å². The second-order valence-corrected chi connectivity index (χ2v) is 4.12. The Bertz CT molecular complexity index is 225. The van der Waals surface area contributed by atoms with Crippen molar-refractivity contribution in [2.75, 3.05) is 12.3 Å². The summed E-state index contributed by atoms with van der Waals surface area (Å²) in [4.78, 5) is 0. The molecule has 0 heterocycles. The normalized spacial score (nSPS) is 10.9. The number of hydrogen-bond acceptors (Lipinski definition) is 2. The van der Waals surface area contributed by atoms with Crippen molar-refractivity contribution in [3.8, 4) is 12.3 Å². The second kappa shape index (κ2) is 5.16. The molecule has 0 saturated heterocycles. The van der Waals surface area contributed by atoms with Crippen LogP contribution >= 0.6 is 0 Å². The Morgan fingerprint density at radius 1 is 1.55 bits per heavy atom. The zero-order valence-electron chi connectivity index (χ0n) is 6.63. The molecule has 0 rings (SSSR count). The summed E-state index contributed by atoms with van der Waals surface area (Å²) in [7, 11) is -3.10. The van der Waals surface area contributed by atoms with Gasteiger partial charge in [0.25, 0.3) is 0 Å². The summed E-state index contributed by atoms with van der Waals surface area (Å²) in [6.07, 6.45) is 6.44. The molecule has 0 aromatic rings. The summed E-state index contributed by atoms with van der Waals surface area (Å²) in [6.45, 7) is 2.03. The minimum Gasteiger partial charge on any atom is -0.212 e. The summed E-state index contributed by atoms with van der Waals surface area (Å²) >= 11 is 0. The quantitative estimate of drug-likeness (QED) is 0.612. The Hall–Kier alpha value is -0.530. The molecule has 4 heteroatoms. The van der Waals surface area contributed by atoms with Crippen LogP contribution < -0.4 is 4.72 Å². The van der Waals surface area contributed by atoms with Crippen LogP contribution in [-0.2, 0) is 10.0 Å². The molecule has 1 N–H and O–H groups in total. The van der Waals surface area contributed by atoms with Gasteiger partial charge in [0, 0.05) is 0 Å². The van der Waals surface area contributed by atoms with Crippen LogP contribution in [0.1, 0.15) is 19.8 Å². The van der Waals surface area contributed by atoms with Gasteiger partial charge < -0.3 is 0 Å². The Labute approximate surface area is 68.2 Å². The lowest BCUT2D eigenvalue weighted by Crippen LogP contribution is -2.26. The Balaban J connectivity index is 3.74. The molecule has 0 radical (unpaired) electrons. The number of sulfonamides is 1. The van der Waals surface area contributed by atoms with Gasteiger partial charge in [-0.2, -0.15) is 0 Å². The van der Waals surface area contributed by atoms with Gasteiger partial charge in [-0.25, -0.2) is 13.1 Å². The van der Waals surface area contributed by atoms with Crippen LogP contribution in [0.4, 0.5) is 0 Å². The third kappa shape index (κ3) is 5.89. The van der Waals surface area contributed by atoms with Gasteiger partial charge in [-0.15, -0.1) is 6.42 Å². The summed E-state index contributed by atoms with van der Waals surface area (Å²) in [5.74, 6) is 2.38. The third-order valence-corrected chi connectivity index (χ3v) is 2.57. The smallest absolute Gasteiger partial charge is 0.212 e. The van der Waals surface area contributed by atoms with E-state index >= 15 is 0 Å². The van der Waals surface area contributed by atoms with Crippen LogP contribution in [0, 0.1) is 12.3 Å². The molecule has 0 amide bonds. The molecule has 0 atom stereocenters. The van der Waals surface area contributed by atoms with Gasteiger partial charge in [0.1, 0.15) is 0 Å². The van der Waals surface area contributed by atoms with E-state index in [2.05, 4.69) is 10.6 Å². The summed E-state index contributed by atoms with van der Waals surface area (Å²) in [6, 6.07) is 0. The molecule has 64 valence electrons. The van der Waals surface area contributed by atoms with Crippen LogP contribution in [0.5, 0.6) is 0 Å². The van der Waals surface area contributed by atoms with Crippen molar-refractivity contribution in [2.45, 2.75) is 19.8 Å². The molecule has 0 aromatic carbocycles. The fraction of sp³-hybridized carbons (Fsp3) is 0.714. The zero-order valence-corrected chi connectivity index (χ0v) is 7.45. The minimum absolute atomic E-state index is 0.0893. The number of unbranched alkanes of at least 4 members (excludes halogenated alkanes) is 1. The van der Waals surface area contributed by atoms with Crippen molar-refractivity contribution in [2.24, 2.45) is 0 Å². The van der Waals surface area contributed by atoms with Gasteiger partial charge in [-0.1, -0.05) is 19.3 Å². The molecule has 0 unspecified atom stereocenters. The highest BCUT2D eigenvalue weighted by Gasteiger charge is 2.06. The SMILES string of the molecule is C#CCNS(=O)(=O)CCCC. The van der Waals surface area contributed by atoms with E-state index in [1.165, 1.54) is 0 Å². The largest absolute Gasteiger partial charge is 0.212 e. The van der Waals surface area contributed by atoms with E-state index in [-0.39, 0.29) is 12.3 Å². The number of nitrogens with one attached hydrogen (secondary N) is 1. The molecular formula is C7H13NO2S. The van der Waals surface area contributed by atoms with Crippen molar-refractivity contribution in [3.63, 3.8) is 0 Å². The first kappa shape index (κ1) is 10.5. The van der Waals surface area contributed by atoms with E-state index < -0.39 is 10.0 Å². The van der Waals surface area contributed by atoms with Crippen LogP contribution in [0.25, 0.3) is 0 Å². The lowest BCUT2D eigenvalue weighted by Gasteiger charge is -2.00. The van der Waals surface area contributed by atoms with Crippen molar-refractivity contribution in [3.05, 3.63) is 0 Å². The second-order valence-electron chi connectivity index (χ2n) is 2.20. The molecule has 0 bridgehead atoms. The summed E-state index contributed by atoms with van der Waals surface area (Å²) < 4.78 is 24.2. The van der Waals surface area contributed by atoms with E-state index in [1.54, 1.807) is 0 Å². The van der Waals surface area contributed by atoms with Crippen LogP contribution in [0.2, 0.25) is 0 Å². The molecule has 11 heavy (non-hydrogen) atoms. The maximum absolute atomic E-state index is 10.9. The molecule has 0 fully saturated rings. The van der Waals surface area contributed by atoms with Crippen molar-refractivity contribution < 1.29 is 8.42 Å². The maximum Gasteiger partial charge on any atom is 0.212 e. The monoisotopic (exact) mass is 175 g/mol. The maximum atomic E-state index is 10.9. The van der Waals surface area contributed by atoms with Crippen LogP contribution in [0.3, 0.4) is 0 Å². The first-order valence-electron chi connectivity index (χ1n) is 3.53. The highest BCUT2D eigenvalue weighted by molar-refractivity contribution is 7.89. The third-order valence-electron chi connectivity index (χ3n) is 1.16. The van der Waals surface area contributed by atoms with Crippen molar-refractivity contribution in [1.29, 1.82) is 0 Å². The Morgan fingerprint density at radius 3 is 2.64 bits per heavy atom. The van der Waals surface area contributed by atoms with E-state index in [0.717, 1.165) is 6.42 Å². The Morgan fingerprint density at radius 2 is 2.18 bits per heavy atom. The average Bonchev–Trinajstić information content (AvgIpc) is 1.97. The van der Waals surface area contributed by atoms with Crippen molar-refractivity contribution >= 4 is 10.0 Å². The average molecular weight is 175 g/mol. The van der Waals surface area contributed by atoms with Gasteiger partial charge in [0.2, 0.25) is 10.0 Å². The first-order chi connectivity index (χ1) is 5.12. The minimum atomic E-state index is -3.10. The topological polar surface area (TPSA) is 46.2 Å². The van der Waals surface area contributed by atoms with Gasteiger partial charge in [-0.05, 0) is 6.42 Å². The highest BCUT2D eigenvalue weighted by Crippen LogP contribution is 1.92. The van der Waals surface area contributed by atoms with E-state index in [9.17, 15) is 8.42 Å². The molecule has 0 aliphatic rings. The lowest BCUT2D eigenvalue weighted by molar-refractivity contribution is 0.582. The molecule has 0 saturated carbocycles.